The first-order chi connectivity index (χ1) is 11.3. The Labute approximate surface area is 140 Å². The Hall–Kier alpha value is -1.98. The topological polar surface area (TPSA) is 55.4 Å². The number of carbonyl (C=O) groups is 2. The molecule has 24 heavy (non-hydrogen) atoms. The molecule has 3 atom stereocenters. The molecule has 2 rings (SSSR count). The van der Waals surface area contributed by atoms with Gasteiger partial charge in [-0.05, 0) is 43.2 Å². The summed E-state index contributed by atoms with van der Waals surface area (Å²) in [6.45, 7) is 4.34. The van der Waals surface area contributed by atoms with Crippen LogP contribution in [0.5, 0.6) is 0 Å². The van der Waals surface area contributed by atoms with Gasteiger partial charge >= 0.3 is 5.97 Å². The van der Waals surface area contributed by atoms with E-state index in [4.69, 9.17) is 4.74 Å². The zero-order valence-electron chi connectivity index (χ0n) is 14.0. The van der Waals surface area contributed by atoms with E-state index in [1.807, 2.05) is 0 Å². The van der Waals surface area contributed by atoms with Crippen LogP contribution in [-0.4, -0.2) is 18.0 Å². The van der Waals surface area contributed by atoms with Crippen LogP contribution in [0.3, 0.4) is 0 Å². The summed E-state index contributed by atoms with van der Waals surface area (Å²) in [7, 11) is 0. The predicted octanol–water partition coefficient (Wildman–Crippen LogP) is 4.05. The quantitative estimate of drug-likeness (QED) is 0.823. The third-order valence-electron chi connectivity index (χ3n) is 4.61. The van der Waals surface area contributed by atoms with Crippen LogP contribution in [0.1, 0.15) is 46.0 Å². The predicted molar refractivity (Wildman–Crippen MR) is 86.3 cm³/mol. The van der Waals surface area contributed by atoms with Crippen molar-refractivity contribution in [2.24, 2.45) is 11.8 Å². The molecule has 0 unspecified atom stereocenters. The number of benzene rings is 1. The number of esters is 1. The van der Waals surface area contributed by atoms with Crippen LogP contribution in [-0.2, 0) is 14.3 Å². The van der Waals surface area contributed by atoms with E-state index in [1.54, 1.807) is 0 Å². The summed E-state index contributed by atoms with van der Waals surface area (Å²) in [6.07, 6.45) is 2.48. The molecule has 0 spiro atoms. The monoisotopic (exact) mass is 339 g/mol. The van der Waals surface area contributed by atoms with Crippen LogP contribution in [0, 0.1) is 23.5 Å². The minimum Gasteiger partial charge on any atom is -0.462 e. The van der Waals surface area contributed by atoms with Gasteiger partial charge in [-0.2, -0.15) is 0 Å². The lowest BCUT2D eigenvalue weighted by Gasteiger charge is -2.31. The van der Waals surface area contributed by atoms with Gasteiger partial charge in [-0.25, -0.2) is 8.78 Å². The highest BCUT2D eigenvalue weighted by Gasteiger charge is 2.27. The van der Waals surface area contributed by atoms with E-state index in [1.165, 1.54) is 0 Å². The number of hydrogen-bond acceptors (Lipinski definition) is 3. The number of nitrogens with one attached hydrogen (secondary N) is 1. The lowest BCUT2D eigenvalue weighted by Crippen LogP contribution is -2.29. The normalized spacial score (nSPS) is 23.6. The Morgan fingerprint density at radius 1 is 1.17 bits per heavy atom. The molecular weight excluding hydrogens is 316 g/mol. The molecular formula is C18H23F2NO3. The molecule has 4 nitrogen and oxygen atoms in total. The van der Waals surface area contributed by atoms with Gasteiger partial charge < -0.3 is 10.1 Å². The van der Waals surface area contributed by atoms with Crippen LogP contribution >= 0.6 is 0 Å². The first-order valence-corrected chi connectivity index (χ1v) is 8.29. The molecule has 1 N–H and O–H groups in total. The highest BCUT2D eigenvalue weighted by molar-refractivity contribution is 5.92. The summed E-state index contributed by atoms with van der Waals surface area (Å²) in [5, 5.41) is 2.32. The summed E-state index contributed by atoms with van der Waals surface area (Å²) < 4.78 is 31.6. The molecule has 132 valence electrons. The zero-order valence-corrected chi connectivity index (χ0v) is 14.0. The summed E-state index contributed by atoms with van der Waals surface area (Å²) in [6, 6.07) is 2.89. The molecule has 1 amide bonds. The summed E-state index contributed by atoms with van der Waals surface area (Å²) in [4.78, 5) is 23.6. The maximum absolute atomic E-state index is 13.4. The van der Waals surface area contributed by atoms with Gasteiger partial charge in [0.05, 0.1) is 12.1 Å². The Bertz CT molecular complexity index is 606. The fourth-order valence-corrected chi connectivity index (χ4v) is 2.87. The van der Waals surface area contributed by atoms with Gasteiger partial charge in [0, 0.05) is 12.5 Å². The lowest BCUT2D eigenvalue weighted by molar-refractivity contribution is -0.152. The fraction of sp³-hybridized carbons (Fsp3) is 0.556. The maximum atomic E-state index is 13.4. The number of ether oxygens (including phenoxy) is 1. The van der Waals surface area contributed by atoms with E-state index >= 15 is 0 Å². The van der Waals surface area contributed by atoms with Crippen LogP contribution in [0.25, 0.3) is 0 Å². The van der Waals surface area contributed by atoms with Crippen molar-refractivity contribution in [1.29, 1.82) is 0 Å². The number of carbonyl (C=O) groups excluding carboxylic acids is 2. The Morgan fingerprint density at radius 2 is 1.92 bits per heavy atom. The Kier molecular flexibility index (Phi) is 6.29. The average molecular weight is 339 g/mol. The van der Waals surface area contributed by atoms with E-state index in [-0.39, 0.29) is 24.6 Å². The van der Waals surface area contributed by atoms with Crippen molar-refractivity contribution < 1.29 is 23.1 Å². The van der Waals surface area contributed by atoms with Crippen molar-refractivity contribution in [2.75, 3.05) is 5.32 Å². The van der Waals surface area contributed by atoms with Crippen LogP contribution in [0.2, 0.25) is 0 Å². The van der Waals surface area contributed by atoms with Gasteiger partial charge in [0.25, 0.3) is 0 Å². The smallest absolute Gasteiger partial charge is 0.306 e. The van der Waals surface area contributed by atoms with Gasteiger partial charge in [0.15, 0.2) is 0 Å². The van der Waals surface area contributed by atoms with Gasteiger partial charge in [-0.3, -0.25) is 9.59 Å². The van der Waals surface area contributed by atoms with E-state index in [2.05, 4.69) is 19.2 Å². The zero-order chi connectivity index (χ0) is 17.7. The van der Waals surface area contributed by atoms with Crippen molar-refractivity contribution in [3.63, 3.8) is 0 Å². The van der Waals surface area contributed by atoms with Crippen molar-refractivity contribution in [1.82, 2.24) is 0 Å². The summed E-state index contributed by atoms with van der Waals surface area (Å²) >= 11 is 0. The SMILES string of the molecule is C[C@H]1CC[C@H](OC(=O)CCC(=O)Nc2ccc(F)cc2F)C[C@@H]1C. The molecule has 1 aromatic carbocycles. The summed E-state index contributed by atoms with van der Waals surface area (Å²) in [5.41, 5.74) is -0.107. The third kappa shape index (κ3) is 5.28. The van der Waals surface area contributed by atoms with Gasteiger partial charge in [-0.15, -0.1) is 0 Å². The van der Waals surface area contributed by atoms with Crippen molar-refractivity contribution >= 4 is 17.6 Å². The minimum atomic E-state index is -0.851. The van der Waals surface area contributed by atoms with Crippen LogP contribution in [0.4, 0.5) is 14.5 Å². The second kappa shape index (κ2) is 8.22. The molecule has 0 aliphatic heterocycles. The number of rotatable bonds is 5. The Balaban J connectivity index is 1.74. The van der Waals surface area contributed by atoms with Gasteiger partial charge in [-0.1, -0.05) is 13.8 Å². The molecule has 0 heterocycles. The highest BCUT2D eigenvalue weighted by atomic mass is 19.1. The van der Waals surface area contributed by atoms with E-state index in [9.17, 15) is 18.4 Å². The molecule has 1 aromatic rings. The van der Waals surface area contributed by atoms with E-state index in [0.717, 1.165) is 31.4 Å². The van der Waals surface area contributed by atoms with Crippen molar-refractivity contribution in [2.45, 2.75) is 52.1 Å². The maximum Gasteiger partial charge on any atom is 0.306 e. The van der Waals surface area contributed by atoms with E-state index in [0.29, 0.717) is 17.9 Å². The van der Waals surface area contributed by atoms with Gasteiger partial charge in [0.2, 0.25) is 5.91 Å². The summed E-state index contributed by atoms with van der Waals surface area (Å²) in [5.74, 6) is -1.35. The average Bonchev–Trinajstić information content (AvgIpc) is 2.52. The molecule has 1 fully saturated rings. The Morgan fingerprint density at radius 3 is 2.58 bits per heavy atom. The standard InChI is InChI=1S/C18H23F2NO3/c1-11-3-5-14(9-12(11)2)24-18(23)8-7-17(22)21-16-6-4-13(19)10-15(16)20/h4,6,10-12,14H,3,5,7-9H2,1-2H3,(H,21,22)/t11-,12-,14-/m0/s1. The first-order valence-electron chi connectivity index (χ1n) is 8.29. The second-order valence-corrected chi connectivity index (χ2v) is 6.55. The lowest BCUT2D eigenvalue weighted by atomic mass is 9.80. The largest absolute Gasteiger partial charge is 0.462 e. The second-order valence-electron chi connectivity index (χ2n) is 6.55. The number of halogens is 2. The fourth-order valence-electron chi connectivity index (χ4n) is 2.87. The first kappa shape index (κ1) is 18.4. The van der Waals surface area contributed by atoms with Crippen molar-refractivity contribution in [3.05, 3.63) is 29.8 Å². The van der Waals surface area contributed by atoms with Gasteiger partial charge in [0.1, 0.15) is 17.7 Å². The molecule has 1 aliphatic carbocycles. The number of amides is 1. The molecule has 0 saturated heterocycles. The van der Waals surface area contributed by atoms with Crippen molar-refractivity contribution in [3.8, 4) is 0 Å². The minimum absolute atomic E-state index is 0.0604. The van der Waals surface area contributed by atoms with Crippen LogP contribution in [0.15, 0.2) is 18.2 Å². The van der Waals surface area contributed by atoms with E-state index < -0.39 is 23.5 Å². The molecule has 6 heteroatoms. The molecule has 0 radical (unpaired) electrons. The molecule has 0 bridgehead atoms. The number of anilines is 1. The third-order valence-corrected chi connectivity index (χ3v) is 4.61. The van der Waals surface area contributed by atoms with Crippen LogP contribution < -0.4 is 5.32 Å². The molecule has 1 aliphatic rings. The number of hydrogen-bond donors (Lipinski definition) is 1. The molecule has 1 saturated carbocycles. The highest BCUT2D eigenvalue weighted by Crippen LogP contribution is 2.31. The molecule has 0 aromatic heterocycles.